The molecule has 0 saturated carbocycles. The molecule has 0 aliphatic heterocycles. The van der Waals surface area contributed by atoms with Crippen molar-refractivity contribution in [2.24, 2.45) is 0 Å². The normalized spacial score (nSPS) is 10.9. The second kappa shape index (κ2) is 9.66. The zero-order valence-electron chi connectivity index (χ0n) is 17.7. The lowest BCUT2D eigenvalue weighted by Gasteiger charge is -2.21. The van der Waals surface area contributed by atoms with Crippen molar-refractivity contribution in [2.45, 2.75) is 12.8 Å². The first-order chi connectivity index (χ1) is 15.1. The van der Waals surface area contributed by atoms with E-state index < -0.39 is 0 Å². The third-order valence-electron chi connectivity index (χ3n) is 5.30. The smallest absolute Gasteiger partial charge is 0.224 e. The molecule has 158 valence electrons. The van der Waals surface area contributed by atoms with Gasteiger partial charge in [0.25, 0.3) is 0 Å². The van der Waals surface area contributed by atoms with Crippen LogP contribution >= 0.6 is 11.3 Å². The largest absolute Gasteiger partial charge is 0.359 e. The van der Waals surface area contributed by atoms with Crippen molar-refractivity contribution >= 4 is 33.3 Å². The molecule has 6 nitrogen and oxygen atoms in total. The highest BCUT2D eigenvalue weighted by atomic mass is 32.1. The van der Waals surface area contributed by atoms with Crippen LogP contribution < -0.4 is 4.90 Å². The number of rotatable bonds is 8. The molecule has 1 aromatic carbocycles. The van der Waals surface area contributed by atoms with E-state index in [0.717, 1.165) is 27.3 Å². The second-order valence-electron chi connectivity index (χ2n) is 7.49. The summed E-state index contributed by atoms with van der Waals surface area (Å²) in [5, 5.41) is 1.02. The third-order valence-corrected chi connectivity index (χ3v) is 6.39. The number of carbonyl (C=O) groups excluding carboxylic acids is 1. The van der Waals surface area contributed by atoms with Gasteiger partial charge in [0, 0.05) is 50.9 Å². The number of anilines is 1. The minimum Gasteiger partial charge on any atom is -0.359 e. The number of hydrogen-bond acceptors (Lipinski definition) is 6. The highest BCUT2D eigenvalue weighted by molar-refractivity contribution is 7.21. The van der Waals surface area contributed by atoms with Gasteiger partial charge in [-0.3, -0.25) is 9.78 Å². The predicted octanol–water partition coefficient (Wildman–Crippen LogP) is 4.28. The number of pyridine rings is 1. The van der Waals surface area contributed by atoms with E-state index in [0.29, 0.717) is 19.5 Å². The van der Waals surface area contributed by atoms with Crippen LogP contribution in [0.15, 0.2) is 67.3 Å². The summed E-state index contributed by atoms with van der Waals surface area (Å²) in [5.41, 5.74) is 2.35. The van der Waals surface area contributed by atoms with Gasteiger partial charge in [0.05, 0.1) is 5.39 Å². The molecule has 0 saturated heterocycles. The van der Waals surface area contributed by atoms with E-state index in [1.165, 1.54) is 11.1 Å². The first-order valence-electron chi connectivity index (χ1n) is 10.3. The number of hydrogen-bond donors (Lipinski definition) is 0. The first kappa shape index (κ1) is 20.9. The summed E-state index contributed by atoms with van der Waals surface area (Å²) in [5.74, 6) is 0.983. The fourth-order valence-corrected chi connectivity index (χ4v) is 4.42. The molecular weight excluding hydrogens is 406 g/mol. The van der Waals surface area contributed by atoms with Crippen molar-refractivity contribution < 1.29 is 4.79 Å². The Hall–Kier alpha value is -3.32. The molecule has 0 unspecified atom stereocenters. The van der Waals surface area contributed by atoms with E-state index in [9.17, 15) is 4.79 Å². The number of benzene rings is 1. The second-order valence-corrected chi connectivity index (χ2v) is 8.52. The minimum atomic E-state index is 0.126. The minimum absolute atomic E-state index is 0.126. The van der Waals surface area contributed by atoms with Gasteiger partial charge in [-0.05, 0) is 35.7 Å². The molecule has 0 fully saturated rings. The molecule has 3 aromatic heterocycles. The van der Waals surface area contributed by atoms with Gasteiger partial charge >= 0.3 is 0 Å². The van der Waals surface area contributed by atoms with Crippen molar-refractivity contribution in [1.82, 2.24) is 19.9 Å². The van der Waals surface area contributed by atoms with Gasteiger partial charge in [-0.25, -0.2) is 9.97 Å². The first-order valence-corrected chi connectivity index (χ1v) is 11.1. The highest BCUT2D eigenvalue weighted by Crippen LogP contribution is 2.35. The maximum Gasteiger partial charge on any atom is 0.224 e. The molecule has 0 radical (unpaired) electrons. The van der Waals surface area contributed by atoms with Crippen LogP contribution in [0.25, 0.3) is 20.7 Å². The van der Waals surface area contributed by atoms with E-state index in [-0.39, 0.29) is 5.91 Å². The SMILES string of the molecule is CN(CCc1ccncc1)C(=O)CCN(C)c1ncnc2sc(-c3ccccc3)cc12. The molecule has 3 heterocycles. The van der Waals surface area contributed by atoms with Crippen LogP contribution in [0.4, 0.5) is 5.82 Å². The van der Waals surface area contributed by atoms with Crippen LogP contribution in [0.1, 0.15) is 12.0 Å². The van der Waals surface area contributed by atoms with Gasteiger partial charge in [-0.15, -0.1) is 11.3 Å². The van der Waals surface area contributed by atoms with Crippen LogP contribution in [0.5, 0.6) is 0 Å². The molecule has 0 bridgehead atoms. The summed E-state index contributed by atoms with van der Waals surface area (Å²) >= 11 is 1.66. The molecule has 0 spiro atoms. The number of thiophene rings is 1. The zero-order chi connectivity index (χ0) is 21.6. The Balaban J connectivity index is 1.39. The summed E-state index contributed by atoms with van der Waals surface area (Å²) in [6.45, 7) is 1.29. The molecular formula is C24H25N5OS. The number of fused-ring (bicyclic) bond motifs is 1. The molecule has 0 aliphatic rings. The fourth-order valence-electron chi connectivity index (χ4n) is 3.42. The van der Waals surface area contributed by atoms with Crippen molar-refractivity contribution in [2.75, 3.05) is 32.1 Å². The van der Waals surface area contributed by atoms with Crippen LogP contribution in [-0.2, 0) is 11.2 Å². The summed E-state index contributed by atoms with van der Waals surface area (Å²) in [6.07, 6.45) is 6.42. The molecule has 0 aliphatic carbocycles. The predicted molar refractivity (Wildman–Crippen MR) is 126 cm³/mol. The molecule has 4 rings (SSSR count). The average molecular weight is 432 g/mol. The standard InChI is InChI=1S/C24H25N5OS/c1-28(14-10-18-8-12-25-13-9-18)22(30)11-15-29(2)23-20-16-21(19-6-4-3-5-7-19)31-24(20)27-17-26-23/h3-9,12-13,16-17H,10-11,14-15H2,1-2H3. The van der Waals surface area contributed by atoms with E-state index in [1.54, 1.807) is 35.0 Å². The Bertz CT molecular complexity index is 1150. The van der Waals surface area contributed by atoms with Gasteiger partial charge < -0.3 is 9.80 Å². The lowest BCUT2D eigenvalue weighted by Crippen LogP contribution is -2.32. The van der Waals surface area contributed by atoms with Crippen LogP contribution in [-0.4, -0.2) is 52.9 Å². The molecule has 1 amide bonds. The van der Waals surface area contributed by atoms with E-state index in [4.69, 9.17) is 0 Å². The van der Waals surface area contributed by atoms with Gasteiger partial charge in [-0.2, -0.15) is 0 Å². The Morgan fingerprint density at radius 3 is 2.55 bits per heavy atom. The molecule has 0 N–H and O–H groups in total. The monoisotopic (exact) mass is 431 g/mol. The lowest BCUT2D eigenvalue weighted by atomic mass is 10.2. The Morgan fingerprint density at radius 1 is 1.00 bits per heavy atom. The van der Waals surface area contributed by atoms with E-state index in [2.05, 4.69) is 33.2 Å². The highest BCUT2D eigenvalue weighted by Gasteiger charge is 2.15. The zero-order valence-corrected chi connectivity index (χ0v) is 18.5. The van der Waals surface area contributed by atoms with Gasteiger partial charge in [0.15, 0.2) is 0 Å². The quantitative estimate of drug-likeness (QED) is 0.417. The summed E-state index contributed by atoms with van der Waals surface area (Å²) in [4.78, 5) is 31.5. The number of nitrogens with zero attached hydrogens (tertiary/aromatic N) is 5. The van der Waals surface area contributed by atoms with Crippen LogP contribution in [0.3, 0.4) is 0 Å². The number of amides is 1. The lowest BCUT2D eigenvalue weighted by molar-refractivity contribution is -0.129. The van der Waals surface area contributed by atoms with Crippen molar-refractivity contribution in [3.05, 3.63) is 72.8 Å². The Morgan fingerprint density at radius 2 is 1.77 bits per heavy atom. The Kier molecular flexibility index (Phi) is 6.52. The average Bonchev–Trinajstić information content (AvgIpc) is 3.26. The van der Waals surface area contributed by atoms with E-state index >= 15 is 0 Å². The van der Waals surface area contributed by atoms with E-state index in [1.807, 2.05) is 49.3 Å². The number of aromatic nitrogens is 3. The van der Waals surface area contributed by atoms with Gasteiger partial charge in [0.2, 0.25) is 5.91 Å². The van der Waals surface area contributed by atoms with Gasteiger partial charge in [0.1, 0.15) is 17.0 Å². The van der Waals surface area contributed by atoms with Crippen LogP contribution in [0, 0.1) is 0 Å². The molecule has 7 heteroatoms. The maximum atomic E-state index is 12.6. The van der Waals surface area contributed by atoms with Gasteiger partial charge in [-0.1, -0.05) is 30.3 Å². The van der Waals surface area contributed by atoms with Crippen molar-refractivity contribution in [1.29, 1.82) is 0 Å². The van der Waals surface area contributed by atoms with Crippen LogP contribution in [0.2, 0.25) is 0 Å². The molecule has 0 atom stereocenters. The summed E-state index contributed by atoms with van der Waals surface area (Å²) in [7, 11) is 3.84. The topological polar surface area (TPSA) is 62.2 Å². The molecule has 31 heavy (non-hydrogen) atoms. The number of carbonyl (C=O) groups is 1. The maximum absolute atomic E-state index is 12.6. The summed E-state index contributed by atoms with van der Waals surface area (Å²) in [6, 6.07) is 16.4. The van der Waals surface area contributed by atoms with Crippen molar-refractivity contribution in [3.63, 3.8) is 0 Å². The number of likely N-dealkylation sites (N-methyl/N-ethyl adjacent to an activating group) is 1. The Labute approximate surface area is 186 Å². The summed E-state index contributed by atoms with van der Waals surface area (Å²) < 4.78 is 0. The fraction of sp³-hybridized carbons (Fsp3) is 0.250. The molecule has 4 aromatic rings. The van der Waals surface area contributed by atoms with Crippen molar-refractivity contribution in [3.8, 4) is 10.4 Å². The third kappa shape index (κ3) is 5.06.